The molecule has 0 radical (unpaired) electrons. The van der Waals surface area contributed by atoms with Crippen molar-refractivity contribution in [2.75, 3.05) is 11.5 Å². The van der Waals surface area contributed by atoms with E-state index in [4.69, 9.17) is 4.98 Å². The molecule has 2 heterocycles. The van der Waals surface area contributed by atoms with E-state index in [2.05, 4.69) is 27.8 Å². The number of aromatic nitrogens is 2. The van der Waals surface area contributed by atoms with E-state index in [1.165, 1.54) is 18.6 Å². The highest BCUT2D eigenvalue weighted by Gasteiger charge is 2.30. The normalized spacial score (nSPS) is 27.1. The van der Waals surface area contributed by atoms with E-state index in [9.17, 15) is 4.79 Å². The van der Waals surface area contributed by atoms with Crippen LogP contribution >= 0.6 is 39.5 Å². The van der Waals surface area contributed by atoms with E-state index in [-0.39, 0.29) is 5.56 Å². The Morgan fingerprint density at radius 1 is 1.29 bits per heavy atom. The van der Waals surface area contributed by atoms with Gasteiger partial charge < -0.3 is 4.98 Å². The van der Waals surface area contributed by atoms with E-state index >= 15 is 0 Å². The molecule has 21 heavy (non-hydrogen) atoms. The lowest BCUT2D eigenvalue weighted by Gasteiger charge is -2.29. The Kier molecular flexibility index (Phi) is 5.38. The minimum atomic E-state index is -0.00655. The Morgan fingerprint density at radius 2 is 2.00 bits per heavy atom. The van der Waals surface area contributed by atoms with Crippen LogP contribution in [0, 0.1) is 0 Å². The molecule has 1 saturated heterocycles. The molecule has 6 heteroatoms. The lowest BCUT2D eigenvalue weighted by atomic mass is 10.0. The highest BCUT2D eigenvalue weighted by molar-refractivity contribution is 9.10. The summed E-state index contributed by atoms with van der Waals surface area (Å²) in [6.07, 6.45) is 5.97. The van der Waals surface area contributed by atoms with Crippen LogP contribution in [0.2, 0.25) is 0 Å². The van der Waals surface area contributed by atoms with Gasteiger partial charge in [0.2, 0.25) is 0 Å². The van der Waals surface area contributed by atoms with Gasteiger partial charge in [-0.3, -0.25) is 4.79 Å². The molecule has 116 valence electrons. The molecule has 1 aliphatic carbocycles. The summed E-state index contributed by atoms with van der Waals surface area (Å²) in [5, 5.41) is 0.888. The molecule has 3 nitrogen and oxygen atoms in total. The minimum Gasteiger partial charge on any atom is -0.309 e. The Balaban J connectivity index is 1.96. The van der Waals surface area contributed by atoms with Gasteiger partial charge in [0.05, 0.1) is 10.9 Å². The van der Waals surface area contributed by atoms with E-state index in [0.717, 1.165) is 36.5 Å². The van der Waals surface area contributed by atoms with Gasteiger partial charge >= 0.3 is 0 Å². The van der Waals surface area contributed by atoms with Crippen molar-refractivity contribution in [1.82, 2.24) is 9.97 Å². The van der Waals surface area contributed by atoms with Crippen molar-refractivity contribution in [2.24, 2.45) is 0 Å². The summed E-state index contributed by atoms with van der Waals surface area (Å²) in [6.45, 7) is 2.23. The monoisotopic (exact) mass is 388 g/mol. The predicted octanol–water partition coefficient (Wildman–Crippen LogP) is 4.49. The second-order valence-electron chi connectivity index (χ2n) is 5.74. The number of H-pyrrole nitrogens is 1. The standard InChI is InChI=1S/C15H21BrN2OS2/c1-2-10-13(21-8-7-20-10)14-17-12(9-5-3-4-6-9)11(16)15(19)18-14/h9-10,13H,2-8H2,1H3,(H,17,18,19). The molecule has 2 fully saturated rings. The highest BCUT2D eigenvalue weighted by atomic mass is 79.9. The number of rotatable bonds is 3. The second kappa shape index (κ2) is 7.09. The summed E-state index contributed by atoms with van der Waals surface area (Å²) >= 11 is 7.43. The van der Waals surface area contributed by atoms with Gasteiger partial charge in [0.1, 0.15) is 10.3 Å². The van der Waals surface area contributed by atoms with Gasteiger partial charge in [-0.05, 0) is 35.2 Å². The Bertz CT molecular complexity index is 557. The SMILES string of the molecule is CCC1SCCSC1c1nc(C2CCCC2)c(Br)c(=O)[nH]1. The van der Waals surface area contributed by atoms with Crippen molar-refractivity contribution in [2.45, 2.75) is 55.4 Å². The number of thioether (sulfide) groups is 2. The molecule has 0 amide bonds. The minimum absolute atomic E-state index is 0.00655. The molecule has 1 N–H and O–H groups in total. The fraction of sp³-hybridized carbons (Fsp3) is 0.733. The van der Waals surface area contributed by atoms with Gasteiger partial charge in [0.15, 0.2) is 0 Å². The first kappa shape index (κ1) is 15.9. The molecular formula is C15H21BrN2OS2. The first-order chi connectivity index (χ1) is 10.2. The van der Waals surface area contributed by atoms with Crippen molar-refractivity contribution in [3.05, 3.63) is 26.3 Å². The summed E-state index contributed by atoms with van der Waals surface area (Å²) in [7, 11) is 0. The molecule has 0 aromatic carbocycles. The molecule has 2 atom stereocenters. The average Bonchev–Trinajstić information content (AvgIpc) is 3.04. The molecule has 0 spiro atoms. The van der Waals surface area contributed by atoms with Crippen LogP contribution in [0.1, 0.15) is 61.7 Å². The smallest absolute Gasteiger partial charge is 0.265 e. The number of halogens is 1. The Labute approximate surface area is 142 Å². The third-order valence-electron chi connectivity index (χ3n) is 4.37. The predicted molar refractivity (Wildman–Crippen MR) is 95.5 cm³/mol. The van der Waals surface area contributed by atoms with Crippen LogP contribution in [-0.4, -0.2) is 26.7 Å². The van der Waals surface area contributed by atoms with Gasteiger partial charge in [-0.2, -0.15) is 11.8 Å². The molecule has 0 bridgehead atoms. The average molecular weight is 389 g/mol. The van der Waals surface area contributed by atoms with Crippen molar-refractivity contribution in [3.8, 4) is 0 Å². The lowest BCUT2D eigenvalue weighted by molar-refractivity contribution is 0.662. The zero-order valence-corrected chi connectivity index (χ0v) is 15.5. The molecular weight excluding hydrogens is 368 g/mol. The second-order valence-corrected chi connectivity index (χ2v) is 9.13. The van der Waals surface area contributed by atoms with Crippen molar-refractivity contribution >= 4 is 39.5 Å². The van der Waals surface area contributed by atoms with Gasteiger partial charge in [-0.15, -0.1) is 11.8 Å². The summed E-state index contributed by atoms with van der Waals surface area (Å²) < 4.78 is 0.652. The maximum Gasteiger partial charge on any atom is 0.265 e. The summed E-state index contributed by atoms with van der Waals surface area (Å²) in [4.78, 5) is 20.2. The van der Waals surface area contributed by atoms with Crippen molar-refractivity contribution in [1.29, 1.82) is 0 Å². The summed E-state index contributed by atoms with van der Waals surface area (Å²) in [5.74, 6) is 3.70. The number of nitrogens with zero attached hydrogens (tertiary/aromatic N) is 1. The van der Waals surface area contributed by atoms with Gasteiger partial charge in [0.25, 0.3) is 5.56 Å². The quantitative estimate of drug-likeness (QED) is 0.828. The van der Waals surface area contributed by atoms with Gasteiger partial charge in [-0.1, -0.05) is 19.8 Å². The molecule has 2 aliphatic rings. The fourth-order valence-electron chi connectivity index (χ4n) is 3.26. The van der Waals surface area contributed by atoms with Crippen LogP contribution in [0.4, 0.5) is 0 Å². The van der Waals surface area contributed by atoms with E-state index in [1.54, 1.807) is 0 Å². The molecule has 1 aromatic heterocycles. The topological polar surface area (TPSA) is 45.8 Å². The van der Waals surface area contributed by atoms with Gasteiger partial charge in [0, 0.05) is 22.7 Å². The molecule has 2 unspecified atom stereocenters. The summed E-state index contributed by atoms with van der Waals surface area (Å²) in [5.41, 5.74) is 0.991. The van der Waals surface area contributed by atoms with E-state index in [0.29, 0.717) is 20.9 Å². The summed E-state index contributed by atoms with van der Waals surface area (Å²) in [6, 6.07) is 0. The van der Waals surface area contributed by atoms with Crippen LogP contribution in [0.3, 0.4) is 0 Å². The number of hydrogen-bond donors (Lipinski definition) is 1. The largest absolute Gasteiger partial charge is 0.309 e. The zero-order valence-electron chi connectivity index (χ0n) is 12.2. The zero-order chi connectivity index (χ0) is 14.8. The van der Waals surface area contributed by atoms with E-state index < -0.39 is 0 Å². The number of nitrogens with one attached hydrogen (secondary N) is 1. The molecule has 1 aromatic rings. The van der Waals surface area contributed by atoms with Gasteiger partial charge in [-0.25, -0.2) is 4.98 Å². The highest BCUT2D eigenvalue weighted by Crippen LogP contribution is 2.43. The first-order valence-electron chi connectivity index (χ1n) is 7.73. The molecule has 3 rings (SSSR count). The third-order valence-corrected chi connectivity index (χ3v) is 8.39. The number of hydrogen-bond acceptors (Lipinski definition) is 4. The maximum atomic E-state index is 12.3. The third kappa shape index (κ3) is 3.37. The van der Waals surface area contributed by atoms with Crippen LogP contribution < -0.4 is 5.56 Å². The fourth-order valence-corrected chi connectivity index (χ4v) is 6.78. The number of aromatic amines is 1. The molecule has 1 saturated carbocycles. The Hall–Kier alpha value is 0.0600. The van der Waals surface area contributed by atoms with Crippen LogP contribution in [-0.2, 0) is 0 Å². The van der Waals surface area contributed by atoms with Crippen LogP contribution in [0.15, 0.2) is 9.27 Å². The molecule has 1 aliphatic heterocycles. The maximum absolute atomic E-state index is 12.3. The van der Waals surface area contributed by atoms with Crippen LogP contribution in [0.5, 0.6) is 0 Å². The van der Waals surface area contributed by atoms with Crippen LogP contribution in [0.25, 0.3) is 0 Å². The van der Waals surface area contributed by atoms with Crippen molar-refractivity contribution in [3.63, 3.8) is 0 Å². The van der Waals surface area contributed by atoms with E-state index in [1.807, 2.05) is 23.5 Å². The Morgan fingerprint density at radius 3 is 2.71 bits per heavy atom. The lowest BCUT2D eigenvalue weighted by Crippen LogP contribution is -2.25. The first-order valence-corrected chi connectivity index (χ1v) is 10.6. The van der Waals surface area contributed by atoms with Crippen molar-refractivity contribution < 1.29 is 0 Å².